The van der Waals surface area contributed by atoms with E-state index in [4.69, 9.17) is 12.2 Å². The highest BCUT2D eigenvalue weighted by Crippen LogP contribution is 2.34. The van der Waals surface area contributed by atoms with Crippen LogP contribution in [-0.2, 0) is 0 Å². The molecule has 0 spiro atoms. The molecule has 0 bridgehead atoms. The van der Waals surface area contributed by atoms with E-state index in [9.17, 15) is 0 Å². The van der Waals surface area contributed by atoms with Crippen LogP contribution < -0.4 is 0 Å². The van der Waals surface area contributed by atoms with Crippen molar-refractivity contribution < 1.29 is 0 Å². The second-order valence-corrected chi connectivity index (χ2v) is 3.96. The maximum absolute atomic E-state index is 5.11. The van der Waals surface area contributed by atoms with E-state index < -0.39 is 0 Å². The normalized spacial score (nSPS) is 28.9. The summed E-state index contributed by atoms with van der Waals surface area (Å²) in [6.45, 7) is 2.14. The molecule has 1 aliphatic rings. The predicted molar refractivity (Wildman–Crippen MR) is 57.2 cm³/mol. The van der Waals surface area contributed by atoms with E-state index in [1.54, 1.807) is 0 Å². The Morgan fingerprint density at radius 3 is 2.64 bits per heavy atom. The summed E-state index contributed by atoms with van der Waals surface area (Å²) < 4.78 is 0.806. The van der Waals surface area contributed by atoms with Gasteiger partial charge < -0.3 is 0 Å². The van der Waals surface area contributed by atoms with E-state index in [0.717, 1.165) is 17.0 Å². The Bertz CT molecular complexity index is 216. The first-order valence-electron chi connectivity index (χ1n) is 3.79. The molecule has 0 heterocycles. The average molecular weight is 184 g/mol. The minimum Gasteiger partial charge on any atom is -0.135 e. The van der Waals surface area contributed by atoms with Gasteiger partial charge in [-0.15, -0.1) is 12.6 Å². The summed E-state index contributed by atoms with van der Waals surface area (Å²) in [5.74, 6) is 0. The molecule has 1 unspecified atom stereocenters. The molecular formula is C9H12S2. The lowest BCUT2D eigenvalue weighted by atomic mass is 9.81. The van der Waals surface area contributed by atoms with Crippen LogP contribution in [0.1, 0.15) is 19.8 Å². The van der Waals surface area contributed by atoms with E-state index >= 15 is 0 Å². The van der Waals surface area contributed by atoms with Crippen molar-refractivity contribution in [1.29, 1.82) is 0 Å². The zero-order valence-corrected chi connectivity index (χ0v) is 8.29. The number of thiocarbonyl (C=S) groups is 1. The first-order chi connectivity index (χ1) is 5.21. The van der Waals surface area contributed by atoms with Crippen molar-refractivity contribution in [2.24, 2.45) is 5.41 Å². The zero-order valence-electron chi connectivity index (χ0n) is 6.58. The molecule has 0 saturated carbocycles. The van der Waals surface area contributed by atoms with Gasteiger partial charge in [-0.1, -0.05) is 43.4 Å². The average Bonchev–Trinajstić information content (AvgIpc) is 2.05. The summed E-state index contributed by atoms with van der Waals surface area (Å²) in [5.41, 5.74) is 0.0488. The molecule has 0 saturated heterocycles. The van der Waals surface area contributed by atoms with Crippen molar-refractivity contribution in [1.82, 2.24) is 0 Å². The predicted octanol–water partition coefficient (Wildman–Crippen LogP) is 3.16. The zero-order chi connectivity index (χ0) is 8.32. The van der Waals surface area contributed by atoms with E-state index in [1.807, 2.05) is 0 Å². The summed E-state index contributed by atoms with van der Waals surface area (Å²) in [5, 5.41) is 0. The number of thiol groups is 1. The third-order valence-corrected chi connectivity index (χ3v) is 3.05. The molecule has 60 valence electrons. The van der Waals surface area contributed by atoms with Crippen LogP contribution in [0.2, 0.25) is 0 Å². The van der Waals surface area contributed by atoms with Gasteiger partial charge in [0.05, 0.1) is 4.20 Å². The van der Waals surface area contributed by atoms with Gasteiger partial charge in [0, 0.05) is 5.41 Å². The van der Waals surface area contributed by atoms with Crippen LogP contribution in [0.4, 0.5) is 0 Å². The van der Waals surface area contributed by atoms with Crippen molar-refractivity contribution in [2.75, 3.05) is 0 Å². The maximum Gasteiger partial charge on any atom is 0.0550 e. The molecular weight excluding hydrogens is 172 g/mol. The minimum absolute atomic E-state index is 0.0488. The van der Waals surface area contributed by atoms with Crippen molar-refractivity contribution in [3.05, 3.63) is 24.3 Å². The second kappa shape index (κ2) is 3.55. The Balaban J connectivity index is 2.85. The molecule has 1 atom stereocenters. The van der Waals surface area contributed by atoms with Crippen LogP contribution >= 0.6 is 24.8 Å². The van der Waals surface area contributed by atoms with E-state index in [2.05, 4.69) is 43.9 Å². The molecule has 1 aliphatic carbocycles. The van der Waals surface area contributed by atoms with Crippen LogP contribution in [-0.4, -0.2) is 4.20 Å². The van der Waals surface area contributed by atoms with Gasteiger partial charge in [0.1, 0.15) is 0 Å². The van der Waals surface area contributed by atoms with Crippen LogP contribution in [0, 0.1) is 5.41 Å². The van der Waals surface area contributed by atoms with Gasteiger partial charge in [0.15, 0.2) is 0 Å². The number of rotatable bonds is 2. The fraction of sp³-hybridized carbons (Fsp3) is 0.444. The summed E-state index contributed by atoms with van der Waals surface area (Å²) in [6, 6.07) is 0. The summed E-state index contributed by atoms with van der Waals surface area (Å²) in [6.07, 6.45) is 10.4. The van der Waals surface area contributed by atoms with E-state index in [0.29, 0.717) is 0 Å². The monoisotopic (exact) mass is 184 g/mol. The number of hydrogen-bond acceptors (Lipinski definition) is 1. The maximum atomic E-state index is 5.11. The number of hydrogen-bond donors (Lipinski definition) is 1. The van der Waals surface area contributed by atoms with Crippen molar-refractivity contribution >= 4 is 29.0 Å². The summed E-state index contributed by atoms with van der Waals surface area (Å²) in [4.78, 5) is 0. The van der Waals surface area contributed by atoms with E-state index in [-0.39, 0.29) is 5.41 Å². The molecule has 11 heavy (non-hydrogen) atoms. The third-order valence-electron chi connectivity index (χ3n) is 2.20. The first kappa shape index (κ1) is 9.01. The Hall–Kier alpha value is -0.0800. The van der Waals surface area contributed by atoms with Crippen LogP contribution in [0.3, 0.4) is 0 Å². The lowest BCUT2D eigenvalue weighted by molar-refractivity contribution is 0.531. The summed E-state index contributed by atoms with van der Waals surface area (Å²) >= 11 is 9.36. The van der Waals surface area contributed by atoms with Crippen molar-refractivity contribution in [2.45, 2.75) is 19.8 Å². The fourth-order valence-electron chi connectivity index (χ4n) is 1.24. The first-order valence-corrected chi connectivity index (χ1v) is 4.64. The molecule has 2 heteroatoms. The molecule has 0 radical (unpaired) electrons. The number of allylic oxidation sites excluding steroid dienone is 4. The molecule has 0 aromatic rings. The molecule has 1 rings (SSSR count). The van der Waals surface area contributed by atoms with E-state index in [1.165, 1.54) is 0 Å². The van der Waals surface area contributed by atoms with Crippen LogP contribution in [0.25, 0.3) is 0 Å². The van der Waals surface area contributed by atoms with Crippen LogP contribution in [0.15, 0.2) is 24.3 Å². The highest BCUT2D eigenvalue weighted by Gasteiger charge is 2.27. The molecule has 0 N–H and O–H groups in total. The Morgan fingerprint density at radius 1 is 1.64 bits per heavy atom. The largest absolute Gasteiger partial charge is 0.135 e. The smallest absolute Gasteiger partial charge is 0.0550 e. The van der Waals surface area contributed by atoms with Gasteiger partial charge in [-0.25, -0.2) is 0 Å². The van der Waals surface area contributed by atoms with Crippen molar-refractivity contribution in [3.8, 4) is 0 Å². The van der Waals surface area contributed by atoms with Gasteiger partial charge in [-0.3, -0.25) is 0 Å². The van der Waals surface area contributed by atoms with Gasteiger partial charge in [0.25, 0.3) is 0 Å². The Morgan fingerprint density at radius 2 is 2.36 bits per heavy atom. The SMILES string of the molecule is CCC1(C(=S)S)C=CC=CC1. The minimum atomic E-state index is 0.0488. The van der Waals surface area contributed by atoms with Gasteiger partial charge >= 0.3 is 0 Å². The standard InChI is InChI=1S/C9H12S2/c1-2-9(8(10)11)6-4-3-5-7-9/h3-6H,2,7H2,1H3,(H,10,11). The van der Waals surface area contributed by atoms with Crippen molar-refractivity contribution in [3.63, 3.8) is 0 Å². The van der Waals surface area contributed by atoms with Crippen LogP contribution in [0.5, 0.6) is 0 Å². The fourth-order valence-corrected chi connectivity index (χ4v) is 1.86. The second-order valence-electron chi connectivity index (χ2n) is 2.81. The Kier molecular flexibility index (Phi) is 2.90. The molecule has 0 aromatic heterocycles. The summed E-state index contributed by atoms with van der Waals surface area (Å²) in [7, 11) is 0. The lowest BCUT2D eigenvalue weighted by Crippen LogP contribution is -2.23. The quantitative estimate of drug-likeness (QED) is 0.508. The van der Waals surface area contributed by atoms with Gasteiger partial charge in [0.2, 0.25) is 0 Å². The topological polar surface area (TPSA) is 0 Å². The Labute approximate surface area is 78.8 Å². The molecule has 0 amide bonds. The highest BCUT2D eigenvalue weighted by molar-refractivity contribution is 8.11. The molecule has 0 nitrogen and oxygen atoms in total. The molecule has 0 aliphatic heterocycles. The van der Waals surface area contributed by atoms with Gasteiger partial charge in [-0.05, 0) is 12.8 Å². The van der Waals surface area contributed by atoms with Gasteiger partial charge in [-0.2, -0.15) is 0 Å². The highest BCUT2D eigenvalue weighted by atomic mass is 32.1. The lowest BCUT2D eigenvalue weighted by Gasteiger charge is -2.28. The molecule has 0 aromatic carbocycles. The molecule has 0 fully saturated rings. The third kappa shape index (κ3) is 1.74.